The van der Waals surface area contributed by atoms with Crippen molar-refractivity contribution in [1.82, 2.24) is 5.32 Å². The van der Waals surface area contributed by atoms with Gasteiger partial charge in [-0.2, -0.15) is 0 Å². The van der Waals surface area contributed by atoms with Crippen LogP contribution in [-0.4, -0.2) is 25.7 Å². The van der Waals surface area contributed by atoms with Gasteiger partial charge in [0.1, 0.15) is 6.04 Å². The van der Waals surface area contributed by atoms with Crippen LogP contribution in [0.5, 0.6) is 0 Å². The van der Waals surface area contributed by atoms with Crippen molar-refractivity contribution in [2.75, 3.05) is 13.7 Å². The van der Waals surface area contributed by atoms with Crippen molar-refractivity contribution in [2.24, 2.45) is 0 Å². The summed E-state index contributed by atoms with van der Waals surface area (Å²) in [6.45, 7) is -0.157. The number of alkyl halides is 1. The van der Waals surface area contributed by atoms with Crippen molar-refractivity contribution >= 4 is 5.97 Å². The second-order valence-corrected chi connectivity index (χ2v) is 6.47. The summed E-state index contributed by atoms with van der Waals surface area (Å²) >= 11 is 0. The smallest absolute Gasteiger partial charge is 0.319 e. The molecule has 3 aromatic carbocycles. The van der Waals surface area contributed by atoms with Crippen molar-refractivity contribution in [3.05, 3.63) is 108 Å². The molecule has 0 bridgehead atoms. The van der Waals surface area contributed by atoms with E-state index in [1.165, 1.54) is 7.11 Å². The number of methoxy groups -OCH3 is 1. The second kappa shape index (κ2) is 9.68. The fraction of sp³-hybridized carbons (Fsp3) is 0.160. The molecule has 0 aliphatic carbocycles. The van der Waals surface area contributed by atoms with Gasteiger partial charge in [0.15, 0.2) is 5.67 Å². The Morgan fingerprint density at radius 2 is 1.41 bits per heavy atom. The summed E-state index contributed by atoms with van der Waals surface area (Å²) in [5.74, 6) is 5.55. The highest BCUT2D eigenvalue weighted by atomic mass is 19.1. The number of hydrogen-bond donors (Lipinski definition) is 1. The van der Waals surface area contributed by atoms with Gasteiger partial charge in [-0.1, -0.05) is 90.7 Å². The molecule has 0 fully saturated rings. The lowest BCUT2D eigenvalue weighted by molar-refractivity contribution is -0.139. The summed E-state index contributed by atoms with van der Waals surface area (Å²) in [5.41, 5.74) is -0.300. The van der Waals surface area contributed by atoms with Gasteiger partial charge in [-0.3, -0.25) is 10.1 Å². The highest BCUT2D eigenvalue weighted by Gasteiger charge is 2.42. The van der Waals surface area contributed by atoms with Crippen LogP contribution in [0.3, 0.4) is 0 Å². The molecule has 0 aliphatic rings. The lowest BCUT2D eigenvalue weighted by Crippen LogP contribution is -2.47. The molecule has 1 atom stereocenters. The van der Waals surface area contributed by atoms with E-state index in [1.807, 2.05) is 42.5 Å². The van der Waals surface area contributed by atoms with E-state index in [4.69, 9.17) is 4.74 Å². The molecule has 3 aromatic rings. The van der Waals surface area contributed by atoms with Crippen LogP contribution in [0.1, 0.15) is 16.7 Å². The molecule has 0 saturated heterocycles. The van der Waals surface area contributed by atoms with Crippen LogP contribution >= 0.6 is 0 Å². The van der Waals surface area contributed by atoms with Crippen LogP contribution < -0.4 is 5.32 Å². The van der Waals surface area contributed by atoms with Crippen molar-refractivity contribution in [3.8, 4) is 11.8 Å². The van der Waals surface area contributed by atoms with Gasteiger partial charge in [-0.25, -0.2) is 4.39 Å². The Kier molecular flexibility index (Phi) is 6.78. The summed E-state index contributed by atoms with van der Waals surface area (Å²) in [5, 5.41) is 2.96. The predicted octanol–water partition coefficient (Wildman–Crippen LogP) is 4.08. The third kappa shape index (κ3) is 4.90. The van der Waals surface area contributed by atoms with Crippen LogP contribution in [-0.2, 0) is 15.2 Å². The lowest BCUT2D eigenvalue weighted by atomic mass is 9.81. The minimum atomic E-state index is -1.97. The molecule has 1 N–H and O–H groups in total. The topological polar surface area (TPSA) is 38.3 Å². The number of rotatable bonds is 6. The first-order chi connectivity index (χ1) is 14.1. The molecule has 0 heterocycles. The molecular formula is C25H22FNO2. The average Bonchev–Trinajstić information content (AvgIpc) is 2.80. The van der Waals surface area contributed by atoms with E-state index in [0.717, 1.165) is 5.56 Å². The van der Waals surface area contributed by atoms with E-state index >= 15 is 4.39 Å². The molecule has 4 heteroatoms. The number of carbonyl (C=O) groups is 1. The van der Waals surface area contributed by atoms with Gasteiger partial charge in [0.25, 0.3) is 0 Å². The van der Waals surface area contributed by atoms with Gasteiger partial charge in [-0.15, -0.1) is 0 Å². The van der Waals surface area contributed by atoms with Crippen molar-refractivity contribution in [3.63, 3.8) is 0 Å². The molecule has 0 spiro atoms. The molecule has 0 saturated carbocycles. The van der Waals surface area contributed by atoms with E-state index in [2.05, 4.69) is 17.2 Å². The molecule has 0 radical (unpaired) electrons. The Morgan fingerprint density at radius 1 is 0.931 bits per heavy atom. The number of hydrogen-bond acceptors (Lipinski definition) is 3. The normalized spacial score (nSPS) is 11.8. The molecule has 3 rings (SSSR count). The van der Waals surface area contributed by atoms with Crippen molar-refractivity contribution in [1.29, 1.82) is 0 Å². The van der Waals surface area contributed by atoms with E-state index in [1.54, 1.807) is 48.5 Å². The molecule has 29 heavy (non-hydrogen) atoms. The Balaban J connectivity index is 2.09. The average molecular weight is 387 g/mol. The summed E-state index contributed by atoms with van der Waals surface area (Å²) in [6, 6.07) is 26.1. The minimum absolute atomic E-state index is 0.157. The van der Waals surface area contributed by atoms with Crippen LogP contribution in [0.2, 0.25) is 0 Å². The summed E-state index contributed by atoms with van der Waals surface area (Å²) in [7, 11) is 1.30. The molecule has 0 aliphatic heterocycles. The third-order valence-electron chi connectivity index (χ3n) is 4.60. The largest absolute Gasteiger partial charge is 0.468 e. The minimum Gasteiger partial charge on any atom is -0.468 e. The zero-order valence-electron chi connectivity index (χ0n) is 16.1. The van der Waals surface area contributed by atoms with Crippen molar-refractivity contribution < 1.29 is 13.9 Å². The Bertz CT molecular complexity index is 939. The highest BCUT2D eigenvalue weighted by Crippen LogP contribution is 2.37. The fourth-order valence-electron chi connectivity index (χ4n) is 3.09. The van der Waals surface area contributed by atoms with Crippen LogP contribution in [0.4, 0.5) is 4.39 Å². The third-order valence-corrected chi connectivity index (χ3v) is 4.60. The first kappa shape index (κ1) is 20.3. The quantitative estimate of drug-likeness (QED) is 0.512. The molecular weight excluding hydrogens is 365 g/mol. The lowest BCUT2D eigenvalue weighted by Gasteiger charge is -2.32. The zero-order valence-corrected chi connectivity index (χ0v) is 16.1. The number of ether oxygens (including phenoxy) is 1. The van der Waals surface area contributed by atoms with E-state index in [-0.39, 0.29) is 6.54 Å². The second-order valence-electron chi connectivity index (χ2n) is 6.47. The maximum Gasteiger partial charge on any atom is 0.319 e. The Labute approximate surface area is 170 Å². The van der Waals surface area contributed by atoms with Crippen LogP contribution in [0, 0.1) is 11.8 Å². The maximum atomic E-state index is 16.9. The highest BCUT2D eigenvalue weighted by molar-refractivity contribution is 5.71. The molecule has 0 amide bonds. The van der Waals surface area contributed by atoms with Crippen molar-refractivity contribution in [2.45, 2.75) is 11.7 Å². The summed E-state index contributed by atoms with van der Waals surface area (Å²) in [6.07, 6.45) is 0. The van der Waals surface area contributed by atoms with Gasteiger partial charge in [0.2, 0.25) is 0 Å². The fourth-order valence-corrected chi connectivity index (χ4v) is 3.09. The van der Waals surface area contributed by atoms with Crippen LogP contribution in [0.25, 0.3) is 0 Å². The monoisotopic (exact) mass is 387 g/mol. The Morgan fingerprint density at radius 3 is 1.90 bits per heavy atom. The van der Waals surface area contributed by atoms with Gasteiger partial charge >= 0.3 is 5.97 Å². The summed E-state index contributed by atoms with van der Waals surface area (Å²) in [4.78, 5) is 11.7. The van der Waals surface area contributed by atoms with E-state index in [0.29, 0.717) is 11.1 Å². The zero-order chi connectivity index (χ0) is 20.5. The maximum absolute atomic E-state index is 16.9. The predicted molar refractivity (Wildman–Crippen MR) is 112 cm³/mol. The number of nitrogens with one attached hydrogen (secondary N) is 1. The molecule has 1 unspecified atom stereocenters. The Hall–Kier alpha value is -3.42. The SMILES string of the molecule is COC(=O)CNC(C#Cc1ccccc1)C(F)(c1ccccc1)c1ccccc1. The van der Waals surface area contributed by atoms with Gasteiger partial charge in [-0.05, 0) is 23.3 Å². The number of halogens is 1. The number of carbonyl (C=O) groups excluding carboxylic acids is 1. The first-order valence-corrected chi connectivity index (χ1v) is 9.31. The molecule has 0 aromatic heterocycles. The number of esters is 1. The van der Waals surface area contributed by atoms with Gasteiger partial charge < -0.3 is 4.74 Å². The van der Waals surface area contributed by atoms with E-state index in [9.17, 15) is 4.79 Å². The van der Waals surface area contributed by atoms with Crippen LogP contribution in [0.15, 0.2) is 91.0 Å². The summed E-state index contributed by atoms with van der Waals surface area (Å²) < 4.78 is 21.6. The standard InChI is InChI=1S/C25H22FNO2/c1-29-24(28)19-27-23(18-17-20-11-5-2-6-12-20)25(26,21-13-7-3-8-14-21)22-15-9-4-10-16-22/h2-16,23,27H,19H2,1H3. The molecule has 3 nitrogen and oxygen atoms in total. The number of benzene rings is 3. The van der Waals surface area contributed by atoms with Gasteiger partial charge in [0, 0.05) is 5.56 Å². The first-order valence-electron chi connectivity index (χ1n) is 9.31. The van der Waals surface area contributed by atoms with E-state index < -0.39 is 17.7 Å². The molecule has 146 valence electrons. The van der Waals surface area contributed by atoms with Gasteiger partial charge in [0.05, 0.1) is 13.7 Å².